The lowest BCUT2D eigenvalue weighted by Crippen LogP contribution is -2.24. The van der Waals surface area contributed by atoms with Crippen molar-refractivity contribution in [1.29, 1.82) is 0 Å². The topological polar surface area (TPSA) is 97.4 Å². The van der Waals surface area contributed by atoms with Gasteiger partial charge in [0.15, 0.2) is 0 Å². The lowest BCUT2D eigenvalue weighted by molar-refractivity contribution is 0.0952. The van der Waals surface area contributed by atoms with E-state index in [1.54, 1.807) is 36.4 Å². The smallest absolute Gasteiger partial charge is 0.252 e. The molecule has 1 amide bonds. The number of hydrogen-bond acceptors (Lipinski definition) is 5. The molecule has 1 aromatic heterocycles. The Morgan fingerprint density at radius 3 is 2.44 bits per heavy atom. The van der Waals surface area contributed by atoms with E-state index in [1.807, 2.05) is 0 Å². The molecule has 8 heteroatoms. The van der Waals surface area contributed by atoms with Gasteiger partial charge in [-0.05, 0) is 36.8 Å². The fourth-order valence-corrected chi connectivity index (χ4v) is 2.55. The third-order valence-corrected chi connectivity index (χ3v) is 3.80. The molecule has 0 saturated heterocycles. The fourth-order valence-electron chi connectivity index (χ4n) is 1.98. The molecule has 134 valence electrons. The molecule has 25 heavy (non-hydrogen) atoms. The minimum absolute atomic E-state index is 0.163. The molecule has 7 nitrogen and oxygen atoms in total. The normalized spacial score (nSPS) is 11.0. The molecule has 2 N–H and O–H groups in total. The molecule has 0 aliphatic rings. The number of carbonyl (C=O) groups is 1. The van der Waals surface area contributed by atoms with Crippen molar-refractivity contribution in [3.05, 3.63) is 48.2 Å². The summed E-state index contributed by atoms with van der Waals surface area (Å²) in [6, 6.07) is 9.68. The molecule has 0 fully saturated rings. The van der Waals surface area contributed by atoms with Crippen LogP contribution in [-0.4, -0.2) is 32.1 Å². The van der Waals surface area contributed by atoms with E-state index in [0.717, 1.165) is 19.1 Å². The molecule has 0 aliphatic carbocycles. The highest BCUT2D eigenvalue weighted by molar-refractivity contribution is 7.92. The quantitative estimate of drug-likeness (QED) is 0.703. The Hall–Kier alpha value is -2.61. The number of nitrogens with zero attached hydrogens (tertiary/aromatic N) is 1. The van der Waals surface area contributed by atoms with Crippen LogP contribution in [0.1, 0.15) is 30.1 Å². The van der Waals surface area contributed by atoms with Crippen LogP contribution in [-0.2, 0) is 10.0 Å². The van der Waals surface area contributed by atoms with Crippen molar-refractivity contribution in [2.75, 3.05) is 17.5 Å². The first-order valence-electron chi connectivity index (χ1n) is 7.87. The van der Waals surface area contributed by atoms with E-state index in [1.165, 1.54) is 6.20 Å². The van der Waals surface area contributed by atoms with Crippen LogP contribution in [0.15, 0.2) is 42.6 Å². The Balaban J connectivity index is 1.95. The van der Waals surface area contributed by atoms with Gasteiger partial charge < -0.3 is 10.1 Å². The van der Waals surface area contributed by atoms with Crippen molar-refractivity contribution in [2.45, 2.75) is 19.8 Å². The summed E-state index contributed by atoms with van der Waals surface area (Å²) in [6.45, 7) is 2.70. The molecule has 0 unspecified atom stereocenters. The van der Waals surface area contributed by atoms with Gasteiger partial charge in [0.05, 0.1) is 11.8 Å². The van der Waals surface area contributed by atoms with Crippen LogP contribution in [0.4, 0.5) is 5.69 Å². The van der Waals surface area contributed by atoms with E-state index < -0.39 is 10.0 Å². The number of aromatic nitrogens is 1. The number of nitrogens with one attached hydrogen (secondary N) is 2. The van der Waals surface area contributed by atoms with Gasteiger partial charge in [-0.25, -0.2) is 13.4 Å². The van der Waals surface area contributed by atoms with Crippen LogP contribution in [0, 0.1) is 0 Å². The molecule has 0 spiro atoms. The van der Waals surface area contributed by atoms with E-state index in [9.17, 15) is 13.2 Å². The Kier molecular flexibility index (Phi) is 6.35. The first kappa shape index (κ1) is 18.7. The predicted octanol–water partition coefficient (Wildman–Crippen LogP) is 2.78. The van der Waals surface area contributed by atoms with E-state index >= 15 is 0 Å². The maximum Gasteiger partial charge on any atom is 0.252 e. The molecule has 0 aliphatic heterocycles. The van der Waals surface area contributed by atoms with Gasteiger partial charge in [-0.15, -0.1) is 0 Å². The SMILES string of the molecule is CCCCNC(=O)c1ccc(Oc2ccc(NS(C)(=O)=O)cc2)nc1. The Labute approximate surface area is 147 Å². The molecule has 0 radical (unpaired) electrons. The first-order chi connectivity index (χ1) is 11.9. The molecule has 0 atom stereocenters. The highest BCUT2D eigenvalue weighted by Gasteiger charge is 2.07. The maximum atomic E-state index is 11.9. The average Bonchev–Trinajstić information content (AvgIpc) is 2.56. The zero-order valence-electron chi connectivity index (χ0n) is 14.2. The molecular weight excluding hydrogens is 342 g/mol. The Morgan fingerprint density at radius 1 is 1.16 bits per heavy atom. The van der Waals surface area contributed by atoms with Crippen LogP contribution in [0.2, 0.25) is 0 Å². The summed E-state index contributed by atoms with van der Waals surface area (Å²) in [4.78, 5) is 16.0. The number of pyridine rings is 1. The summed E-state index contributed by atoms with van der Waals surface area (Å²) >= 11 is 0. The van der Waals surface area contributed by atoms with Gasteiger partial charge in [0, 0.05) is 24.5 Å². The van der Waals surface area contributed by atoms with Crippen molar-refractivity contribution >= 4 is 21.6 Å². The summed E-state index contributed by atoms with van der Waals surface area (Å²) in [5.74, 6) is 0.685. The van der Waals surface area contributed by atoms with Crippen LogP contribution in [0.5, 0.6) is 11.6 Å². The third-order valence-electron chi connectivity index (χ3n) is 3.19. The predicted molar refractivity (Wildman–Crippen MR) is 96.5 cm³/mol. The van der Waals surface area contributed by atoms with Gasteiger partial charge in [-0.3, -0.25) is 9.52 Å². The lowest BCUT2D eigenvalue weighted by atomic mass is 10.2. The number of hydrogen-bond donors (Lipinski definition) is 2. The van der Waals surface area contributed by atoms with Crippen LogP contribution in [0.3, 0.4) is 0 Å². The second-order valence-corrected chi connectivity index (χ2v) is 7.24. The average molecular weight is 363 g/mol. The van der Waals surface area contributed by atoms with Crippen molar-refractivity contribution in [2.24, 2.45) is 0 Å². The molecule has 2 aromatic rings. The van der Waals surface area contributed by atoms with Crippen LogP contribution >= 0.6 is 0 Å². The highest BCUT2D eigenvalue weighted by atomic mass is 32.2. The van der Waals surface area contributed by atoms with E-state index in [4.69, 9.17) is 4.74 Å². The number of sulfonamides is 1. The maximum absolute atomic E-state index is 11.9. The third kappa shape index (κ3) is 6.42. The Bertz CT molecular complexity index is 803. The monoisotopic (exact) mass is 363 g/mol. The van der Waals surface area contributed by atoms with Crippen molar-refractivity contribution < 1.29 is 17.9 Å². The number of benzene rings is 1. The fraction of sp³-hybridized carbons (Fsp3) is 0.294. The zero-order valence-corrected chi connectivity index (χ0v) is 15.0. The summed E-state index contributed by atoms with van der Waals surface area (Å²) in [7, 11) is -3.31. The van der Waals surface area contributed by atoms with Crippen LogP contribution in [0.25, 0.3) is 0 Å². The minimum atomic E-state index is -3.31. The van der Waals surface area contributed by atoms with Crippen molar-refractivity contribution in [1.82, 2.24) is 10.3 Å². The summed E-state index contributed by atoms with van der Waals surface area (Å²) in [6.07, 6.45) is 4.49. The van der Waals surface area contributed by atoms with Gasteiger partial charge in [-0.2, -0.15) is 0 Å². The summed E-state index contributed by atoms with van der Waals surface area (Å²) in [5.41, 5.74) is 0.915. The van der Waals surface area contributed by atoms with Gasteiger partial charge in [0.2, 0.25) is 15.9 Å². The molecule has 0 bridgehead atoms. The van der Waals surface area contributed by atoms with E-state index in [2.05, 4.69) is 21.9 Å². The van der Waals surface area contributed by atoms with Crippen molar-refractivity contribution in [3.63, 3.8) is 0 Å². The number of amides is 1. The summed E-state index contributed by atoms with van der Waals surface area (Å²) < 4.78 is 30.3. The van der Waals surface area contributed by atoms with Crippen LogP contribution < -0.4 is 14.8 Å². The molecule has 0 saturated carbocycles. The zero-order chi connectivity index (χ0) is 18.3. The van der Waals surface area contributed by atoms with Crippen molar-refractivity contribution in [3.8, 4) is 11.6 Å². The number of carbonyl (C=O) groups excluding carboxylic acids is 1. The van der Waals surface area contributed by atoms with E-state index in [0.29, 0.717) is 29.4 Å². The summed E-state index contributed by atoms with van der Waals surface area (Å²) in [5, 5.41) is 2.82. The van der Waals surface area contributed by atoms with Gasteiger partial charge in [-0.1, -0.05) is 13.3 Å². The lowest BCUT2D eigenvalue weighted by Gasteiger charge is -2.08. The van der Waals surface area contributed by atoms with Gasteiger partial charge in [0.25, 0.3) is 5.91 Å². The first-order valence-corrected chi connectivity index (χ1v) is 9.76. The second-order valence-electron chi connectivity index (χ2n) is 5.50. The van der Waals surface area contributed by atoms with Gasteiger partial charge in [0.1, 0.15) is 5.75 Å². The Morgan fingerprint density at radius 2 is 1.88 bits per heavy atom. The number of unbranched alkanes of at least 4 members (excludes halogenated alkanes) is 1. The van der Waals surface area contributed by atoms with Gasteiger partial charge >= 0.3 is 0 Å². The minimum Gasteiger partial charge on any atom is -0.439 e. The highest BCUT2D eigenvalue weighted by Crippen LogP contribution is 2.22. The number of anilines is 1. The molecule has 1 aromatic carbocycles. The molecular formula is C17H21N3O4S. The largest absolute Gasteiger partial charge is 0.439 e. The standard InChI is InChI=1S/C17H21N3O4S/c1-3-4-11-18-17(21)13-5-10-16(19-12-13)24-15-8-6-14(7-9-15)20-25(2,22)23/h5-10,12,20H,3-4,11H2,1-2H3,(H,18,21). The number of ether oxygens (including phenoxy) is 1. The molecule has 2 rings (SSSR count). The number of rotatable bonds is 8. The molecule has 1 heterocycles. The van der Waals surface area contributed by atoms with E-state index in [-0.39, 0.29) is 5.91 Å². The second kappa shape index (κ2) is 8.48.